The van der Waals surface area contributed by atoms with Crippen molar-refractivity contribution in [2.24, 2.45) is 0 Å². The molecule has 1 aliphatic heterocycles. The van der Waals surface area contributed by atoms with Crippen molar-refractivity contribution in [1.29, 1.82) is 0 Å². The van der Waals surface area contributed by atoms with Gasteiger partial charge in [0.05, 0.1) is 5.25 Å². The maximum atomic E-state index is 13.6. The molecule has 0 bridgehead atoms. The first-order valence-corrected chi connectivity index (χ1v) is 8.01. The SMILES string of the molecule is CC(NS(=O)(=O)C1CCNCC1)c1ccccc1F. The highest BCUT2D eigenvalue weighted by molar-refractivity contribution is 7.90. The zero-order valence-electron chi connectivity index (χ0n) is 10.9. The topological polar surface area (TPSA) is 58.2 Å². The maximum absolute atomic E-state index is 13.6. The van der Waals surface area contributed by atoms with Crippen LogP contribution in [0.25, 0.3) is 0 Å². The van der Waals surface area contributed by atoms with E-state index < -0.39 is 16.1 Å². The van der Waals surface area contributed by atoms with E-state index in [2.05, 4.69) is 10.0 Å². The third-order valence-corrected chi connectivity index (χ3v) is 5.47. The highest BCUT2D eigenvalue weighted by Gasteiger charge is 2.29. The van der Waals surface area contributed by atoms with Crippen LogP contribution in [0.15, 0.2) is 24.3 Å². The Morgan fingerprint density at radius 1 is 1.32 bits per heavy atom. The van der Waals surface area contributed by atoms with Gasteiger partial charge >= 0.3 is 0 Å². The summed E-state index contributed by atoms with van der Waals surface area (Å²) in [6.07, 6.45) is 1.19. The third kappa shape index (κ3) is 3.52. The molecule has 0 spiro atoms. The minimum absolute atomic E-state index is 0.375. The zero-order valence-corrected chi connectivity index (χ0v) is 11.7. The molecule has 0 aromatic heterocycles. The average molecular weight is 286 g/mol. The largest absolute Gasteiger partial charge is 0.317 e. The Kier molecular flexibility index (Phi) is 4.54. The first-order chi connectivity index (χ1) is 9.00. The number of hydrogen-bond acceptors (Lipinski definition) is 3. The second kappa shape index (κ2) is 5.98. The van der Waals surface area contributed by atoms with E-state index in [1.807, 2.05) is 0 Å². The van der Waals surface area contributed by atoms with Crippen molar-refractivity contribution in [3.05, 3.63) is 35.6 Å². The molecular weight excluding hydrogens is 267 g/mol. The first-order valence-electron chi connectivity index (χ1n) is 6.47. The van der Waals surface area contributed by atoms with Crippen molar-refractivity contribution in [3.8, 4) is 0 Å². The Balaban J connectivity index is 2.09. The molecule has 0 amide bonds. The summed E-state index contributed by atoms with van der Waals surface area (Å²) in [5.74, 6) is -0.386. The van der Waals surface area contributed by atoms with Gasteiger partial charge in [0.15, 0.2) is 0 Å². The lowest BCUT2D eigenvalue weighted by molar-refractivity contribution is 0.482. The van der Waals surface area contributed by atoms with Gasteiger partial charge in [0.1, 0.15) is 5.82 Å². The van der Waals surface area contributed by atoms with Crippen LogP contribution in [0, 0.1) is 5.82 Å². The molecule has 0 radical (unpaired) electrons. The summed E-state index contributed by atoms with van der Waals surface area (Å²) < 4.78 is 40.6. The molecule has 1 aromatic carbocycles. The minimum Gasteiger partial charge on any atom is -0.317 e. The van der Waals surface area contributed by atoms with E-state index in [0.717, 1.165) is 0 Å². The predicted molar refractivity (Wildman–Crippen MR) is 72.8 cm³/mol. The van der Waals surface area contributed by atoms with Gasteiger partial charge in [-0.05, 0) is 38.9 Å². The van der Waals surface area contributed by atoms with Gasteiger partial charge in [0.25, 0.3) is 0 Å². The van der Waals surface area contributed by atoms with Crippen molar-refractivity contribution in [2.45, 2.75) is 31.1 Å². The van der Waals surface area contributed by atoms with Crippen LogP contribution in [0.1, 0.15) is 31.4 Å². The lowest BCUT2D eigenvalue weighted by Crippen LogP contribution is -2.42. The van der Waals surface area contributed by atoms with Crippen molar-refractivity contribution in [3.63, 3.8) is 0 Å². The molecule has 1 fully saturated rings. The van der Waals surface area contributed by atoms with Gasteiger partial charge in [-0.3, -0.25) is 0 Å². The van der Waals surface area contributed by atoms with E-state index in [9.17, 15) is 12.8 Å². The number of rotatable bonds is 4. The monoisotopic (exact) mass is 286 g/mol. The number of benzene rings is 1. The lowest BCUT2D eigenvalue weighted by Gasteiger charge is -2.25. The fourth-order valence-electron chi connectivity index (χ4n) is 2.34. The third-order valence-electron chi connectivity index (χ3n) is 3.44. The first kappa shape index (κ1) is 14.4. The molecular formula is C13H19FN2O2S. The number of hydrogen-bond donors (Lipinski definition) is 2. The Labute approximate surface area is 113 Å². The van der Waals surface area contributed by atoms with E-state index in [0.29, 0.717) is 31.5 Å². The fourth-order valence-corrected chi connectivity index (χ4v) is 4.01. The molecule has 4 nitrogen and oxygen atoms in total. The van der Waals surface area contributed by atoms with Crippen LogP contribution >= 0.6 is 0 Å². The normalized spacial score (nSPS) is 19.3. The maximum Gasteiger partial charge on any atom is 0.215 e. The molecule has 1 heterocycles. The minimum atomic E-state index is -3.40. The van der Waals surface area contributed by atoms with Crippen molar-refractivity contribution < 1.29 is 12.8 Å². The molecule has 1 unspecified atom stereocenters. The molecule has 19 heavy (non-hydrogen) atoms. The van der Waals surface area contributed by atoms with Crippen molar-refractivity contribution in [1.82, 2.24) is 10.0 Å². The second-order valence-electron chi connectivity index (χ2n) is 4.86. The van der Waals surface area contributed by atoms with Crippen LogP contribution in [0.4, 0.5) is 4.39 Å². The number of piperidine rings is 1. The van der Waals surface area contributed by atoms with Crippen LogP contribution < -0.4 is 10.0 Å². The van der Waals surface area contributed by atoms with Crippen LogP contribution in [0.3, 0.4) is 0 Å². The van der Waals surface area contributed by atoms with Gasteiger partial charge in [0, 0.05) is 11.6 Å². The Bertz CT molecular complexity index is 527. The Hall–Kier alpha value is -0.980. The van der Waals surface area contributed by atoms with Crippen LogP contribution in [0.2, 0.25) is 0 Å². The summed E-state index contributed by atoms with van der Waals surface area (Å²) in [6.45, 7) is 3.08. The van der Waals surface area contributed by atoms with Gasteiger partial charge < -0.3 is 5.32 Å². The highest BCUT2D eigenvalue weighted by Crippen LogP contribution is 2.20. The summed E-state index contributed by atoms with van der Waals surface area (Å²) in [4.78, 5) is 0. The van der Waals surface area contributed by atoms with Gasteiger partial charge in [-0.25, -0.2) is 17.5 Å². The number of halogens is 1. The second-order valence-corrected chi connectivity index (χ2v) is 6.85. The standard InChI is InChI=1S/C13H19FN2O2S/c1-10(12-4-2-3-5-13(12)14)16-19(17,18)11-6-8-15-9-7-11/h2-5,10-11,15-16H,6-9H2,1H3. The average Bonchev–Trinajstić information content (AvgIpc) is 2.39. The lowest BCUT2D eigenvalue weighted by atomic mass is 10.1. The predicted octanol–water partition coefficient (Wildman–Crippen LogP) is 1.56. The van der Waals surface area contributed by atoms with Crippen LogP contribution in [-0.2, 0) is 10.0 Å². The number of nitrogens with one attached hydrogen (secondary N) is 2. The molecule has 0 saturated carbocycles. The molecule has 1 aliphatic rings. The zero-order chi connectivity index (χ0) is 13.9. The van der Waals surface area contributed by atoms with Gasteiger partial charge in [-0.2, -0.15) is 0 Å². The van der Waals surface area contributed by atoms with Gasteiger partial charge in [0.2, 0.25) is 10.0 Å². The summed E-state index contributed by atoms with van der Waals surface area (Å²) in [7, 11) is -3.40. The quantitative estimate of drug-likeness (QED) is 0.883. The van der Waals surface area contributed by atoms with Crippen molar-refractivity contribution >= 4 is 10.0 Å². The van der Waals surface area contributed by atoms with E-state index in [1.54, 1.807) is 25.1 Å². The Morgan fingerprint density at radius 2 is 1.95 bits per heavy atom. The fraction of sp³-hybridized carbons (Fsp3) is 0.538. The summed E-state index contributed by atoms with van der Waals surface area (Å²) >= 11 is 0. The summed E-state index contributed by atoms with van der Waals surface area (Å²) in [5, 5.41) is 2.74. The molecule has 1 saturated heterocycles. The van der Waals surface area contributed by atoms with E-state index in [4.69, 9.17) is 0 Å². The molecule has 106 valence electrons. The van der Waals surface area contributed by atoms with Crippen LogP contribution in [0.5, 0.6) is 0 Å². The summed E-state index contributed by atoms with van der Waals surface area (Å²) in [5.41, 5.74) is 0.375. The van der Waals surface area contributed by atoms with E-state index >= 15 is 0 Å². The molecule has 6 heteroatoms. The molecule has 1 atom stereocenters. The molecule has 2 rings (SSSR count). The smallest absolute Gasteiger partial charge is 0.215 e. The van der Waals surface area contributed by atoms with Gasteiger partial charge in [-0.1, -0.05) is 18.2 Å². The van der Waals surface area contributed by atoms with E-state index in [-0.39, 0.29) is 11.1 Å². The molecule has 1 aromatic rings. The summed E-state index contributed by atoms with van der Waals surface area (Å²) in [6, 6.07) is 5.68. The number of sulfonamides is 1. The highest BCUT2D eigenvalue weighted by atomic mass is 32.2. The van der Waals surface area contributed by atoms with Crippen LogP contribution in [-0.4, -0.2) is 26.8 Å². The Morgan fingerprint density at radius 3 is 2.58 bits per heavy atom. The van der Waals surface area contributed by atoms with Crippen molar-refractivity contribution in [2.75, 3.05) is 13.1 Å². The van der Waals surface area contributed by atoms with Gasteiger partial charge in [-0.15, -0.1) is 0 Å². The molecule has 2 N–H and O–H groups in total. The van der Waals surface area contributed by atoms with E-state index in [1.165, 1.54) is 6.07 Å². The molecule has 0 aliphatic carbocycles.